The van der Waals surface area contributed by atoms with Gasteiger partial charge < -0.3 is 14.8 Å². The van der Waals surface area contributed by atoms with Crippen molar-refractivity contribution >= 4 is 29.5 Å². The van der Waals surface area contributed by atoms with E-state index in [1.54, 1.807) is 39.0 Å². The highest BCUT2D eigenvalue weighted by Gasteiger charge is 2.27. The van der Waals surface area contributed by atoms with Gasteiger partial charge in [0, 0.05) is 10.6 Å². The number of anilines is 1. The minimum Gasteiger partial charge on any atom is -0.444 e. The van der Waals surface area contributed by atoms with Crippen LogP contribution in [0.2, 0.25) is 5.02 Å². The van der Waals surface area contributed by atoms with E-state index in [1.165, 1.54) is 0 Å². The van der Waals surface area contributed by atoms with E-state index in [0.717, 1.165) is 0 Å². The Balaban J connectivity index is 2.19. The lowest BCUT2D eigenvalue weighted by Crippen LogP contribution is -2.27. The van der Waals surface area contributed by atoms with Gasteiger partial charge >= 0.3 is 12.2 Å². The van der Waals surface area contributed by atoms with Gasteiger partial charge in [0.2, 0.25) is 0 Å². The minimum absolute atomic E-state index is 0.337. The van der Waals surface area contributed by atoms with Gasteiger partial charge in [-0.15, -0.1) is 0 Å². The van der Waals surface area contributed by atoms with Gasteiger partial charge in [-0.25, -0.2) is 9.59 Å². The fraction of sp³-hybridized carbons (Fsp3) is 0.429. The number of halogens is 1. The van der Waals surface area contributed by atoms with Crippen LogP contribution in [0.1, 0.15) is 32.4 Å². The molecule has 1 aliphatic rings. The van der Waals surface area contributed by atoms with E-state index in [0.29, 0.717) is 22.8 Å². The number of alkyl carbamates (subject to hydrolysis) is 1. The van der Waals surface area contributed by atoms with Crippen molar-refractivity contribution in [1.29, 1.82) is 0 Å². The first-order valence-corrected chi connectivity index (χ1v) is 6.86. The zero-order chi connectivity index (χ0) is 15.6. The molecule has 0 aliphatic carbocycles. The summed E-state index contributed by atoms with van der Waals surface area (Å²) in [6.45, 7) is 5.65. The number of benzene rings is 1. The van der Waals surface area contributed by atoms with Crippen LogP contribution in [-0.4, -0.2) is 24.3 Å². The Morgan fingerprint density at radius 2 is 2.19 bits per heavy atom. The number of cyclic esters (lactones) is 1. The number of amides is 2. The van der Waals surface area contributed by atoms with E-state index in [2.05, 4.69) is 10.6 Å². The van der Waals surface area contributed by atoms with Crippen LogP contribution in [0, 0.1) is 0 Å². The Hall–Kier alpha value is -1.95. The molecule has 1 heterocycles. The molecule has 6 nitrogen and oxygen atoms in total. The largest absolute Gasteiger partial charge is 0.444 e. The molecule has 2 N–H and O–H groups in total. The molecular weight excluding hydrogens is 296 g/mol. The summed E-state index contributed by atoms with van der Waals surface area (Å²) in [6, 6.07) is 4.97. The zero-order valence-electron chi connectivity index (χ0n) is 12.0. The summed E-state index contributed by atoms with van der Waals surface area (Å²) in [4.78, 5) is 23.0. The highest BCUT2D eigenvalue weighted by Crippen LogP contribution is 2.30. The Labute approximate surface area is 127 Å². The van der Waals surface area contributed by atoms with E-state index in [1.807, 2.05) is 0 Å². The molecule has 21 heavy (non-hydrogen) atoms. The fourth-order valence-corrected chi connectivity index (χ4v) is 2.07. The van der Waals surface area contributed by atoms with Crippen molar-refractivity contribution in [2.75, 3.05) is 11.9 Å². The Bertz CT molecular complexity index is 569. The molecule has 0 radical (unpaired) electrons. The van der Waals surface area contributed by atoms with E-state index < -0.39 is 23.9 Å². The second kappa shape index (κ2) is 5.81. The molecule has 2 rings (SSSR count). The highest BCUT2D eigenvalue weighted by molar-refractivity contribution is 6.31. The van der Waals surface area contributed by atoms with Crippen molar-refractivity contribution in [1.82, 2.24) is 5.32 Å². The van der Waals surface area contributed by atoms with Crippen LogP contribution in [0.3, 0.4) is 0 Å². The first-order chi connectivity index (χ1) is 9.74. The van der Waals surface area contributed by atoms with Gasteiger partial charge in [-0.1, -0.05) is 17.7 Å². The lowest BCUT2D eigenvalue weighted by atomic mass is 10.1. The summed E-state index contributed by atoms with van der Waals surface area (Å²) in [5, 5.41) is 5.66. The Kier molecular flexibility index (Phi) is 4.27. The molecule has 1 saturated heterocycles. The van der Waals surface area contributed by atoms with Gasteiger partial charge in [0.05, 0.1) is 12.2 Å². The number of carbonyl (C=O) groups excluding carboxylic acids is 2. The van der Waals surface area contributed by atoms with E-state index in [4.69, 9.17) is 21.1 Å². The average molecular weight is 313 g/mol. The molecule has 7 heteroatoms. The van der Waals surface area contributed by atoms with Crippen molar-refractivity contribution in [2.45, 2.75) is 32.5 Å². The monoisotopic (exact) mass is 312 g/mol. The second-order valence-electron chi connectivity index (χ2n) is 5.63. The van der Waals surface area contributed by atoms with Crippen LogP contribution in [0.15, 0.2) is 18.2 Å². The molecule has 1 aromatic carbocycles. The fourth-order valence-electron chi connectivity index (χ4n) is 1.89. The molecule has 0 aromatic heterocycles. The SMILES string of the molecule is CC(C)(C)OC(=O)Nc1cc(Cl)ccc1C1CNC(=O)O1. The molecule has 2 amide bonds. The molecule has 0 bridgehead atoms. The molecule has 1 atom stereocenters. The van der Waals surface area contributed by atoms with Crippen molar-refractivity contribution < 1.29 is 19.1 Å². The third kappa shape index (κ3) is 4.26. The molecule has 1 aliphatic heterocycles. The van der Waals surface area contributed by atoms with Gasteiger partial charge in [0.15, 0.2) is 0 Å². The van der Waals surface area contributed by atoms with Crippen LogP contribution >= 0.6 is 11.6 Å². The van der Waals surface area contributed by atoms with Gasteiger partial charge in [0.1, 0.15) is 11.7 Å². The predicted molar refractivity (Wildman–Crippen MR) is 78.5 cm³/mol. The summed E-state index contributed by atoms with van der Waals surface area (Å²) in [5.41, 5.74) is 0.506. The average Bonchev–Trinajstić information content (AvgIpc) is 2.73. The second-order valence-corrected chi connectivity index (χ2v) is 6.07. The highest BCUT2D eigenvalue weighted by atomic mass is 35.5. The maximum absolute atomic E-state index is 11.9. The molecule has 114 valence electrons. The molecule has 1 unspecified atom stereocenters. The normalized spacial score (nSPS) is 17.9. The van der Waals surface area contributed by atoms with Crippen molar-refractivity contribution in [3.63, 3.8) is 0 Å². The number of carbonyl (C=O) groups is 2. The number of hydrogen-bond acceptors (Lipinski definition) is 4. The number of nitrogens with one attached hydrogen (secondary N) is 2. The topological polar surface area (TPSA) is 76.7 Å². The maximum Gasteiger partial charge on any atom is 0.412 e. The summed E-state index contributed by atoms with van der Waals surface area (Å²) < 4.78 is 10.3. The summed E-state index contributed by atoms with van der Waals surface area (Å²) in [5.74, 6) is 0. The molecule has 1 fully saturated rings. The standard InChI is InChI=1S/C14H17ClN2O4/c1-14(2,3)21-13(19)17-10-6-8(15)4-5-9(10)11-7-16-12(18)20-11/h4-6,11H,7H2,1-3H3,(H,16,18)(H,17,19). The first-order valence-electron chi connectivity index (χ1n) is 6.48. The summed E-state index contributed by atoms with van der Waals surface area (Å²) in [7, 11) is 0. The van der Waals surface area contributed by atoms with E-state index in [9.17, 15) is 9.59 Å². The molecule has 1 aromatic rings. The van der Waals surface area contributed by atoms with Crippen molar-refractivity contribution in [3.8, 4) is 0 Å². The van der Waals surface area contributed by atoms with Gasteiger partial charge in [0.25, 0.3) is 0 Å². The van der Waals surface area contributed by atoms with Crippen LogP contribution in [0.25, 0.3) is 0 Å². The molecule has 0 saturated carbocycles. The van der Waals surface area contributed by atoms with Crippen LogP contribution in [0.4, 0.5) is 15.3 Å². The maximum atomic E-state index is 11.9. The van der Waals surface area contributed by atoms with Crippen molar-refractivity contribution in [3.05, 3.63) is 28.8 Å². The lowest BCUT2D eigenvalue weighted by Gasteiger charge is -2.21. The summed E-state index contributed by atoms with van der Waals surface area (Å²) >= 11 is 5.95. The minimum atomic E-state index is -0.607. The van der Waals surface area contributed by atoms with Gasteiger partial charge in [-0.2, -0.15) is 0 Å². The summed E-state index contributed by atoms with van der Waals surface area (Å²) in [6.07, 6.45) is -1.55. The third-order valence-corrected chi connectivity index (χ3v) is 2.91. The van der Waals surface area contributed by atoms with E-state index >= 15 is 0 Å². The zero-order valence-corrected chi connectivity index (χ0v) is 12.8. The lowest BCUT2D eigenvalue weighted by molar-refractivity contribution is 0.0635. The van der Waals surface area contributed by atoms with E-state index in [-0.39, 0.29) is 0 Å². The Morgan fingerprint density at radius 3 is 2.76 bits per heavy atom. The van der Waals surface area contributed by atoms with Crippen LogP contribution in [0.5, 0.6) is 0 Å². The molecular formula is C14H17ClN2O4. The quantitative estimate of drug-likeness (QED) is 0.876. The van der Waals surface area contributed by atoms with Crippen molar-refractivity contribution in [2.24, 2.45) is 0 Å². The number of ether oxygens (including phenoxy) is 2. The van der Waals surface area contributed by atoms with Gasteiger partial charge in [-0.05, 0) is 32.9 Å². The smallest absolute Gasteiger partial charge is 0.412 e. The predicted octanol–water partition coefficient (Wildman–Crippen LogP) is 3.47. The molecule has 0 spiro atoms. The van der Waals surface area contributed by atoms with Crippen LogP contribution < -0.4 is 10.6 Å². The number of rotatable bonds is 2. The van der Waals surface area contributed by atoms with Crippen LogP contribution in [-0.2, 0) is 9.47 Å². The Morgan fingerprint density at radius 1 is 1.48 bits per heavy atom. The first kappa shape index (κ1) is 15.4. The number of hydrogen-bond donors (Lipinski definition) is 2. The van der Waals surface area contributed by atoms with Gasteiger partial charge in [-0.3, -0.25) is 5.32 Å². The third-order valence-electron chi connectivity index (χ3n) is 2.68.